The molecule has 1 aliphatic heterocycles. The third-order valence-electron chi connectivity index (χ3n) is 9.42. The molecule has 0 unspecified atom stereocenters. The van der Waals surface area contributed by atoms with Crippen LogP contribution in [0.4, 0.5) is 8.63 Å². The van der Waals surface area contributed by atoms with Crippen LogP contribution in [0.25, 0.3) is 33.5 Å². The zero-order valence-electron chi connectivity index (χ0n) is 29.5. The number of nitrogens with zero attached hydrogens (tertiary/aromatic N) is 2. The zero-order chi connectivity index (χ0) is 35.7. The normalized spacial score (nSPS) is 13.9. The second-order valence-electron chi connectivity index (χ2n) is 13.9. The highest BCUT2D eigenvalue weighted by atomic mass is 19.2. The fourth-order valence-corrected chi connectivity index (χ4v) is 6.65. The Balaban J connectivity index is 1.60. The van der Waals surface area contributed by atoms with Crippen LogP contribution in [0.3, 0.4) is 0 Å². The summed E-state index contributed by atoms with van der Waals surface area (Å²) in [4.78, 5) is 5.31. The molecule has 0 fully saturated rings. The van der Waals surface area contributed by atoms with Gasteiger partial charge in [-0.2, -0.15) is 0 Å². The number of allylic oxidation sites excluding steroid dienone is 2. The molecule has 0 aliphatic carbocycles. The highest BCUT2D eigenvalue weighted by Gasteiger charge is 2.33. The molecule has 0 N–H and O–H groups in total. The van der Waals surface area contributed by atoms with Crippen molar-refractivity contribution in [2.45, 2.75) is 33.1 Å². The molecule has 5 aromatic carbocycles. The van der Waals surface area contributed by atoms with Crippen LogP contribution in [0, 0.1) is 6.92 Å². The molecule has 1 aromatic heterocycles. The van der Waals surface area contributed by atoms with Crippen LogP contribution in [0.1, 0.15) is 54.3 Å². The highest BCUT2D eigenvalue weighted by Crippen LogP contribution is 2.45. The van der Waals surface area contributed by atoms with E-state index in [4.69, 9.17) is 9.73 Å². The molecule has 1 aliphatic rings. The first-order valence-corrected chi connectivity index (χ1v) is 17.1. The fourth-order valence-electron chi connectivity index (χ4n) is 6.65. The summed E-state index contributed by atoms with van der Waals surface area (Å²) in [6.45, 7) is 8.56. The third kappa shape index (κ3) is 6.74. The molecular weight excluding hydrogens is 633 g/mol. The first-order chi connectivity index (χ1) is 24.6. The molecule has 0 saturated heterocycles. The van der Waals surface area contributed by atoms with Gasteiger partial charge in [-0.05, 0) is 76.6 Å². The van der Waals surface area contributed by atoms with Crippen molar-refractivity contribution >= 4 is 24.3 Å². The van der Waals surface area contributed by atoms with Gasteiger partial charge in [0.25, 0.3) is 0 Å². The number of hydrogen-bond acceptors (Lipinski definition) is 2. The molecule has 0 spiro atoms. The molecule has 0 atom stereocenters. The number of aryl methyl sites for hydroxylation is 1. The summed E-state index contributed by atoms with van der Waals surface area (Å²) in [6.07, 6.45) is 2.08. The van der Waals surface area contributed by atoms with Gasteiger partial charge in [-0.15, -0.1) is 0 Å². The Morgan fingerprint density at radius 3 is 1.86 bits per heavy atom. The Kier molecular flexibility index (Phi) is 9.18. The summed E-state index contributed by atoms with van der Waals surface area (Å²) in [5, 5.41) is 0. The molecule has 0 saturated carbocycles. The Morgan fingerprint density at radius 1 is 0.686 bits per heavy atom. The molecular formula is C45H39BF2N2O. The van der Waals surface area contributed by atoms with Gasteiger partial charge in [-0.25, -0.2) is 4.99 Å². The number of hydrogen-bond donors (Lipinski definition) is 0. The van der Waals surface area contributed by atoms with Gasteiger partial charge in [0, 0.05) is 28.0 Å². The smallest absolute Gasteiger partial charge is 0.497 e. The van der Waals surface area contributed by atoms with E-state index in [9.17, 15) is 0 Å². The molecule has 0 bridgehead atoms. The molecule has 51 heavy (non-hydrogen) atoms. The summed E-state index contributed by atoms with van der Waals surface area (Å²) in [5.41, 5.74) is 10.8. The largest absolute Gasteiger partial charge is 0.678 e. The van der Waals surface area contributed by atoms with Crippen molar-refractivity contribution in [3.8, 4) is 28.1 Å². The summed E-state index contributed by atoms with van der Waals surface area (Å²) in [7, 11) is -1.26. The van der Waals surface area contributed by atoms with Crippen molar-refractivity contribution in [3.63, 3.8) is 0 Å². The van der Waals surface area contributed by atoms with Crippen molar-refractivity contribution in [1.82, 2.24) is 4.48 Å². The van der Waals surface area contributed by atoms with Crippen LogP contribution in [-0.2, 0) is 5.41 Å². The number of rotatable bonds is 8. The van der Waals surface area contributed by atoms with E-state index >= 15 is 8.63 Å². The van der Waals surface area contributed by atoms with Crippen LogP contribution >= 0.6 is 0 Å². The maximum atomic E-state index is 15.9. The monoisotopic (exact) mass is 672 g/mol. The lowest BCUT2D eigenvalue weighted by Gasteiger charge is -2.21. The SMILES string of the molecule is COc1ccc(-c2cc(-c3ccc(C(C)(C)C)cc3)c(/C(=C3\N=C(c4ccccc4)C=C3c3ccc(C)cc3)c3ccccc3)n2B(F)F)cc1. The fraction of sp³-hybridized carbons (Fsp3) is 0.133. The van der Waals surface area contributed by atoms with Crippen LogP contribution in [0.15, 0.2) is 156 Å². The summed E-state index contributed by atoms with van der Waals surface area (Å²) in [5.74, 6) is 0.654. The molecule has 2 heterocycles. The third-order valence-corrected chi connectivity index (χ3v) is 9.42. The maximum Gasteiger partial charge on any atom is 0.678 e. The standard InChI is InChI=1S/C45H39BF2N2O/c1-30-16-18-31(19-17-30)38-28-40(33-12-8-6-9-13-33)49-43(38)42(35-14-10-7-11-15-35)44-39(32-20-24-36(25-21-32)45(2,3)4)29-41(50(44)46(47)48)34-22-26-37(51-5)27-23-34/h6-29H,1-5H3/b43-42-. The van der Waals surface area contributed by atoms with Gasteiger partial charge in [0.05, 0.1) is 24.2 Å². The summed E-state index contributed by atoms with van der Waals surface area (Å²) in [6, 6.07) is 45.5. The van der Waals surface area contributed by atoms with Gasteiger partial charge < -0.3 is 9.21 Å². The number of halogens is 2. The van der Waals surface area contributed by atoms with Crippen molar-refractivity contribution < 1.29 is 13.4 Å². The summed E-state index contributed by atoms with van der Waals surface area (Å²) < 4.78 is 38.4. The Hall–Kier alpha value is -5.75. The van der Waals surface area contributed by atoms with Crippen molar-refractivity contribution in [3.05, 3.63) is 185 Å². The van der Waals surface area contributed by atoms with E-state index in [0.29, 0.717) is 39.5 Å². The summed E-state index contributed by atoms with van der Waals surface area (Å²) >= 11 is 0. The van der Waals surface area contributed by atoms with E-state index in [2.05, 4.69) is 70.2 Å². The maximum absolute atomic E-state index is 15.9. The lowest BCUT2D eigenvalue weighted by Crippen LogP contribution is -2.18. The Morgan fingerprint density at radius 2 is 1.27 bits per heavy atom. The minimum atomic E-state index is -2.86. The molecule has 0 radical (unpaired) electrons. The zero-order valence-corrected chi connectivity index (χ0v) is 29.5. The quantitative estimate of drug-likeness (QED) is 0.148. The van der Waals surface area contributed by atoms with E-state index < -0.39 is 7.40 Å². The van der Waals surface area contributed by atoms with Gasteiger partial charge in [-0.1, -0.05) is 136 Å². The molecule has 6 heteroatoms. The van der Waals surface area contributed by atoms with Gasteiger partial charge >= 0.3 is 7.40 Å². The number of methoxy groups -OCH3 is 1. The topological polar surface area (TPSA) is 26.5 Å². The van der Waals surface area contributed by atoms with Crippen LogP contribution in [0.5, 0.6) is 5.75 Å². The number of aliphatic imine (C=N–C) groups is 1. The minimum absolute atomic E-state index is 0.0676. The molecule has 7 rings (SSSR count). The first-order valence-electron chi connectivity index (χ1n) is 17.1. The van der Waals surface area contributed by atoms with Crippen LogP contribution in [-0.4, -0.2) is 24.7 Å². The second kappa shape index (κ2) is 13.9. The van der Waals surface area contributed by atoms with E-state index in [-0.39, 0.29) is 5.41 Å². The molecule has 252 valence electrons. The second-order valence-corrected chi connectivity index (χ2v) is 13.9. The lowest BCUT2D eigenvalue weighted by molar-refractivity contribution is 0.415. The lowest BCUT2D eigenvalue weighted by atomic mass is 9.85. The molecule has 0 amide bonds. The number of aromatic nitrogens is 1. The van der Waals surface area contributed by atoms with Gasteiger partial charge in [0.2, 0.25) is 0 Å². The van der Waals surface area contributed by atoms with E-state index in [0.717, 1.165) is 44.7 Å². The van der Waals surface area contributed by atoms with Gasteiger partial charge in [0.15, 0.2) is 0 Å². The van der Waals surface area contributed by atoms with Crippen LogP contribution in [0.2, 0.25) is 0 Å². The number of benzene rings is 5. The predicted octanol–water partition coefficient (Wildman–Crippen LogP) is 11.6. The average molecular weight is 673 g/mol. The van der Waals surface area contributed by atoms with Crippen molar-refractivity contribution in [1.29, 1.82) is 0 Å². The Labute approximate surface area is 299 Å². The van der Waals surface area contributed by atoms with E-state index in [1.807, 2.05) is 91.0 Å². The molecule has 6 aromatic rings. The van der Waals surface area contributed by atoms with E-state index in [1.165, 1.54) is 4.48 Å². The van der Waals surface area contributed by atoms with Crippen molar-refractivity contribution in [2.75, 3.05) is 7.11 Å². The van der Waals surface area contributed by atoms with Gasteiger partial charge in [-0.3, -0.25) is 8.63 Å². The highest BCUT2D eigenvalue weighted by molar-refractivity contribution is 6.42. The first kappa shape index (κ1) is 33.7. The van der Waals surface area contributed by atoms with Gasteiger partial charge in [0.1, 0.15) is 5.75 Å². The Bertz CT molecular complexity index is 2260. The van der Waals surface area contributed by atoms with E-state index in [1.54, 1.807) is 19.2 Å². The van der Waals surface area contributed by atoms with Crippen LogP contribution < -0.4 is 4.74 Å². The van der Waals surface area contributed by atoms with Crippen molar-refractivity contribution in [2.24, 2.45) is 4.99 Å². The average Bonchev–Trinajstić information content (AvgIpc) is 3.76. The predicted molar refractivity (Wildman–Crippen MR) is 209 cm³/mol. The minimum Gasteiger partial charge on any atom is -0.497 e. The number of ether oxygens (including phenoxy) is 1. The molecule has 3 nitrogen and oxygen atoms in total.